The molecular formula is C19H15BrCl2N4O. The van der Waals surface area contributed by atoms with Crippen molar-refractivity contribution in [3.05, 3.63) is 68.4 Å². The van der Waals surface area contributed by atoms with Gasteiger partial charge in [0.1, 0.15) is 0 Å². The number of para-hydroxylation sites is 1. The molecule has 0 saturated carbocycles. The third kappa shape index (κ3) is 3.45. The zero-order valence-electron chi connectivity index (χ0n) is 14.3. The van der Waals surface area contributed by atoms with Crippen LogP contribution in [-0.4, -0.2) is 27.3 Å². The third-order valence-electron chi connectivity index (χ3n) is 4.49. The number of hydrogen-bond acceptors (Lipinski definition) is 3. The number of aromatic nitrogens is 2. The first-order chi connectivity index (χ1) is 12.9. The Balaban J connectivity index is 1.64. The molecular weight excluding hydrogens is 451 g/mol. The lowest BCUT2D eigenvalue weighted by molar-refractivity contribution is 0.0750. The van der Waals surface area contributed by atoms with Crippen molar-refractivity contribution in [2.24, 2.45) is 7.05 Å². The van der Waals surface area contributed by atoms with Crippen LogP contribution in [-0.2, 0) is 13.6 Å². The summed E-state index contributed by atoms with van der Waals surface area (Å²) in [5.41, 5.74) is 4.06. The highest BCUT2D eigenvalue weighted by atomic mass is 79.9. The van der Waals surface area contributed by atoms with Crippen LogP contribution in [0.25, 0.3) is 11.1 Å². The number of hydrogen-bond donors (Lipinski definition) is 1. The predicted molar refractivity (Wildman–Crippen MR) is 111 cm³/mol. The Kier molecular flexibility index (Phi) is 4.88. The molecule has 0 radical (unpaired) electrons. The summed E-state index contributed by atoms with van der Waals surface area (Å²) in [5, 5.41) is 8.08. The highest BCUT2D eigenvalue weighted by Gasteiger charge is 2.26. The molecule has 2 heterocycles. The van der Waals surface area contributed by atoms with Crippen LogP contribution in [0.15, 0.2) is 47.2 Å². The molecule has 0 bridgehead atoms. The first kappa shape index (κ1) is 18.3. The van der Waals surface area contributed by atoms with Gasteiger partial charge in [0, 0.05) is 29.8 Å². The fourth-order valence-corrected chi connectivity index (χ4v) is 4.35. The summed E-state index contributed by atoms with van der Waals surface area (Å²) in [7, 11) is 1.84. The van der Waals surface area contributed by atoms with Crippen LogP contribution in [0.5, 0.6) is 0 Å². The van der Waals surface area contributed by atoms with E-state index >= 15 is 0 Å². The van der Waals surface area contributed by atoms with Crippen molar-refractivity contribution in [3.8, 4) is 11.1 Å². The number of nitrogens with zero attached hydrogens (tertiary/aromatic N) is 3. The van der Waals surface area contributed by atoms with Gasteiger partial charge in [-0.3, -0.25) is 9.48 Å². The minimum atomic E-state index is -0.208. The van der Waals surface area contributed by atoms with Crippen molar-refractivity contribution in [2.75, 3.05) is 12.0 Å². The van der Waals surface area contributed by atoms with Crippen LogP contribution < -0.4 is 5.32 Å². The van der Waals surface area contributed by atoms with E-state index in [1.807, 2.05) is 31.4 Å². The van der Waals surface area contributed by atoms with Gasteiger partial charge in [-0.2, -0.15) is 5.10 Å². The highest BCUT2D eigenvalue weighted by Crippen LogP contribution is 2.35. The summed E-state index contributed by atoms with van der Waals surface area (Å²) in [4.78, 5) is 14.8. The molecule has 0 fully saturated rings. The number of carbonyl (C=O) groups excluding carboxylic acids is 1. The molecule has 1 aliphatic rings. The molecule has 27 heavy (non-hydrogen) atoms. The minimum absolute atomic E-state index is 0.208. The molecule has 4 rings (SSSR count). The summed E-state index contributed by atoms with van der Waals surface area (Å²) < 4.78 is 2.68. The van der Waals surface area contributed by atoms with Crippen LogP contribution in [0.1, 0.15) is 15.9 Å². The topological polar surface area (TPSA) is 50.2 Å². The van der Waals surface area contributed by atoms with E-state index in [1.54, 1.807) is 27.9 Å². The Hall–Kier alpha value is -2.02. The molecule has 3 aromatic rings. The number of carbonyl (C=O) groups is 1. The van der Waals surface area contributed by atoms with Crippen molar-refractivity contribution < 1.29 is 4.79 Å². The molecule has 1 amide bonds. The Morgan fingerprint density at radius 1 is 1.22 bits per heavy atom. The van der Waals surface area contributed by atoms with E-state index in [0.29, 0.717) is 28.8 Å². The van der Waals surface area contributed by atoms with Gasteiger partial charge in [-0.05, 0) is 45.3 Å². The van der Waals surface area contributed by atoms with Gasteiger partial charge in [0.15, 0.2) is 0 Å². The monoisotopic (exact) mass is 464 g/mol. The van der Waals surface area contributed by atoms with Gasteiger partial charge in [0.25, 0.3) is 5.91 Å². The molecule has 0 spiro atoms. The standard InChI is InChI=1S/C19H15BrCl2N4O/c1-25-8-13(7-24-25)12-5-15(21)17(16(22)6-12)19(27)26-9-11-3-2-4-14(20)18(11)23-10-26/h2-8,23H,9-10H2,1H3. The number of amides is 1. The number of rotatable bonds is 2. The van der Waals surface area contributed by atoms with E-state index in [9.17, 15) is 4.79 Å². The maximum absolute atomic E-state index is 13.1. The summed E-state index contributed by atoms with van der Waals surface area (Å²) in [6, 6.07) is 9.40. The van der Waals surface area contributed by atoms with Crippen LogP contribution in [0.3, 0.4) is 0 Å². The quantitative estimate of drug-likeness (QED) is 0.567. The molecule has 0 saturated heterocycles. The second-order valence-electron chi connectivity index (χ2n) is 6.33. The lowest BCUT2D eigenvalue weighted by atomic mass is 10.1. The fraction of sp³-hybridized carbons (Fsp3) is 0.158. The number of nitrogens with one attached hydrogen (secondary N) is 1. The second kappa shape index (κ2) is 7.19. The van der Waals surface area contributed by atoms with E-state index in [0.717, 1.165) is 26.9 Å². The van der Waals surface area contributed by atoms with Crippen LogP contribution in [0.4, 0.5) is 5.69 Å². The molecule has 1 N–H and O–H groups in total. The fourth-order valence-electron chi connectivity index (χ4n) is 3.15. The van der Waals surface area contributed by atoms with Gasteiger partial charge in [-0.1, -0.05) is 35.3 Å². The van der Waals surface area contributed by atoms with Gasteiger partial charge in [0.05, 0.1) is 34.2 Å². The molecule has 0 atom stereocenters. The zero-order chi connectivity index (χ0) is 19.1. The summed E-state index contributed by atoms with van der Waals surface area (Å²) in [6.07, 6.45) is 3.60. The normalized spacial score (nSPS) is 13.3. The number of aryl methyl sites for hydroxylation is 1. The average Bonchev–Trinajstić information content (AvgIpc) is 3.07. The van der Waals surface area contributed by atoms with E-state index in [-0.39, 0.29) is 5.91 Å². The van der Waals surface area contributed by atoms with Crippen molar-refractivity contribution in [3.63, 3.8) is 0 Å². The molecule has 8 heteroatoms. The van der Waals surface area contributed by atoms with Gasteiger partial charge in [0.2, 0.25) is 0 Å². The first-order valence-corrected chi connectivity index (χ1v) is 9.77. The minimum Gasteiger partial charge on any atom is -0.366 e. The van der Waals surface area contributed by atoms with E-state index < -0.39 is 0 Å². The Morgan fingerprint density at radius 3 is 2.63 bits per heavy atom. The number of halogens is 3. The lowest BCUT2D eigenvalue weighted by Crippen LogP contribution is -2.38. The predicted octanol–water partition coefficient (Wildman–Crippen LogP) is 5.18. The van der Waals surface area contributed by atoms with Gasteiger partial charge < -0.3 is 10.2 Å². The van der Waals surface area contributed by atoms with Crippen molar-refractivity contribution in [2.45, 2.75) is 6.54 Å². The van der Waals surface area contributed by atoms with Gasteiger partial charge >= 0.3 is 0 Å². The Labute approximate surface area is 175 Å². The Bertz CT molecular complexity index is 1030. The smallest absolute Gasteiger partial charge is 0.258 e. The third-order valence-corrected chi connectivity index (χ3v) is 5.75. The SMILES string of the molecule is Cn1cc(-c2cc(Cl)c(C(=O)N3CNc4c(Br)cccc4C3)c(Cl)c2)cn1. The highest BCUT2D eigenvalue weighted by molar-refractivity contribution is 9.10. The Morgan fingerprint density at radius 2 is 1.96 bits per heavy atom. The van der Waals surface area contributed by atoms with Crippen molar-refractivity contribution >= 4 is 50.7 Å². The van der Waals surface area contributed by atoms with Crippen molar-refractivity contribution in [1.29, 1.82) is 0 Å². The number of benzene rings is 2. The lowest BCUT2D eigenvalue weighted by Gasteiger charge is -2.31. The van der Waals surface area contributed by atoms with E-state index in [4.69, 9.17) is 23.2 Å². The van der Waals surface area contributed by atoms with Crippen LogP contribution >= 0.6 is 39.1 Å². The summed E-state index contributed by atoms with van der Waals surface area (Å²) in [6.45, 7) is 0.864. The van der Waals surface area contributed by atoms with Crippen LogP contribution in [0, 0.1) is 0 Å². The molecule has 138 valence electrons. The molecule has 0 aliphatic carbocycles. The van der Waals surface area contributed by atoms with E-state index in [2.05, 4.69) is 26.3 Å². The number of fused-ring (bicyclic) bond motifs is 1. The first-order valence-electron chi connectivity index (χ1n) is 8.22. The molecule has 0 unspecified atom stereocenters. The number of anilines is 1. The molecule has 1 aliphatic heterocycles. The van der Waals surface area contributed by atoms with Crippen LogP contribution in [0.2, 0.25) is 10.0 Å². The largest absolute Gasteiger partial charge is 0.366 e. The van der Waals surface area contributed by atoms with E-state index in [1.165, 1.54) is 0 Å². The summed E-state index contributed by atoms with van der Waals surface area (Å²) >= 11 is 16.4. The molecule has 2 aromatic carbocycles. The molecule has 1 aromatic heterocycles. The summed E-state index contributed by atoms with van der Waals surface area (Å²) in [5.74, 6) is -0.208. The van der Waals surface area contributed by atoms with Gasteiger partial charge in [-0.15, -0.1) is 0 Å². The van der Waals surface area contributed by atoms with Gasteiger partial charge in [-0.25, -0.2) is 0 Å². The van der Waals surface area contributed by atoms with Crippen molar-refractivity contribution in [1.82, 2.24) is 14.7 Å². The maximum Gasteiger partial charge on any atom is 0.258 e. The maximum atomic E-state index is 13.1. The molecule has 5 nitrogen and oxygen atoms in total. The zero-order valence-corrected chi connectivity index (χ0v) is 17.4. The second-order valence-corrected chi connectivity index (χ2v) is 8.00. The average molecular weight is 466 g/mol.